The predicted octanol–water partition coefficient (Wildman–Crippen LogP) is 4.52. The number of benzene rings is 2. The fourth-order valence-corrected chi connectivity index (χ4v) is 3.73. The minimum Gasteiger partial charge on any atom is -0.370 e. The Balaban J connectivity index is 0.00000225. The zero-order chi connectivity index (χ0) is 18.8. The van der Waals surface area contributed by atoms with Crippen molar-refractivity contribution in [3.05, 3.63) is 76.6 Å². The number of aryl methyl sites for hydroxylation is 3. The van der Waals surface area contributed by atoms with Gasteiger partial charge in [0.1, 0.15) is 0 Å². The van der Waals surface area contributed by atoms with Gasteiger partial charge in [0.15, 0.2) is 5.96 Å². The van der Waals surface area contributed by atoms with Crippen LogP contribution in [0.3, 0.4) is 0 Å². The molecule has 4 rings (SSSR count). The van der Waals surface area contributed by atoms with E-state index in [0.717, 1.165) is 34.7 Å². The van der Waals surface area contributed by atoms with E-state index in [1.165, 1.54) is 24.0 Å². The van der Waals surface area contributed by atoms with Gasteiger partial charge in [0.05, 0.1) is 17.9 Å². The van der Waals surface area contributed by atoms with Gasteiger partial charge in [0.25, 0.3) is 0 Å². The number of fused-ring (bicyclic) bond motifs is 1. The Hall–Kier alpha value is -2.35. The number of anilines is 1. The van der Waals surface area contributed by atoms with Crippen LogP contribution in [0.25, 0.3) is 5.69 Å². The van der Waals surface area contributed by atoms with Crippen LogP contribution >= 0.6 is 24.0 Å². The quantitative estimate of drug-likeness (QED) is 0.323. The van der Waals surface area contributed by atoms with Gasteiger partial charge in [-0.1, -0.05) is 24.3 Å². The van der Waals surface area contributed by atoms with Crippen molar-refractivity contribution >= 4 is 35.6 Å². The van der Waals surface area contributed by atoms with E-state index in [4.69, 9.17) is 5.73 Å². The van der Waals surface area contributed by atoms with Crippen LogP contribution in [0, 0.1) is 13.8 Å². The molecule has 3 N–H and O–H groups in total. The number of aliphatic imine (C=N–C) groups is 1. The first-order chi connectivity index (χ1) is 13.1. The van der Waals surface area contributed by atoms with E-state index in [0.29, 0.717) is 12.5 Å². The maximum atomic E-state index is 6.13. The second-order valence-corrected chi connectivity index (χ2v) is 7.06. The zero-order valence-corrected chi connectivity index (χ0v) is 18.6. The molecule has 146 valence electrons. The molecule has 1 heterocycles. The highest BCUT2D eigenvalue weighted by Crippen LogP contribution is 2.25. The molecule has 0 bridgehead atoms. The number of nitrogens with one attached hydrogen (secondary N) is 1. The molecule has 0 amide bonds. The SMILES string of the molecule is Cc1nn(-c2ccccc2)c(C)c1CN=C(N)Nc1ccc2c(c1)CCC2.I. The summed E-state index contributed by atoms with van der Waals surface area (Å²) in [5.74, 6) is 0.430. The molecule has 3 aromatic rings. The number of para-hydroxylation sites is 1. The lowest BCUT2D eigenvalue weighted by molar-refractivity contribution is 0.832. The summed E-state index contributed by atoms with van der Waals surface area (Å²) in [7, 11) is 0. The van der Waals surface area contributed by atoms with Crippen molar-refractivity contribution in [1.82, 2.24) is 9.78 Å². The molecule has 0 saturated carbocycles. The summed E-state index contributed by atoms with van der Waals surface area (Å²) in [6.45, 7) is 4.59. The maximum Gasteiger partial charge on any atom is 0.193 e. The monoisotopic (exact) mass is 487 g/mol. The van der Waals surface area contributed by atoms with Gasteiger partial charge >= 0.3 is 0 Å². The molecule has 0 aliphatic heterocycles. The van der Waals surface area contributed by atoms with Gasteiger partial charge in [0.2, 0.25) is 0 Å². The number of halogens is 1. The molecule has 6 heteroatoms. The number of aromatic nitrogens is 2. The first-order valence-electron chi connectivity index (χ1n) is 9.41. The fraction of sp³-hybridized carbons (Fsp3) is 0.273. The first-order valence-corrected chi connectivity index (χ1v) is 9.41. The van der Waals surface area contributed by atoms with E-state index in [1.54, 1.807) is 0 Å². The number of rotatable bonds is 4. The van der Waals surface area contributed by atoms with E-state index >= 15 is 0 Å². The molecule has 5 nitrogen and oxygen atoms in total. The van der Waals surface area contributed by atoms with Gasteiger partial charge in [-0.05, 0) is 68.5 Å². The van der Waals surface area contributed by atoms with Gasteiger partial charge < -0.3 is 11.1 Å². The average Bonchev–Trinajstić information content (AvgIpc) is 3.25. The Kier molecular flexibility index (Phi) is 6.39. The predicted molar refractivity (Wildman–Crippen MR) is 126 cm³/mol. The summed E-state index contributed by atoms with van der Waals surface area (Å²) < 4.78 is 1.96. The van der Waals surface area contributed by atoms with E-state index in [2.05, 4.69) is 52.7 Å². The van der Waals surface area contributed by atoms with E-state index in [1.807, 2.05) is 29.8 Å². The lowest BCUT2D eigenvalue weighted by Crippen LogP contribution is -2.22. The highest BCUT2D eigenvalue weighted by Gasteiger charge is 2.13. The molecule has 0 spiro atoms. The van der Waals surface area contributed by atoms with Crippen molar-refractivity contribution in [1.29, 1.82) is 0 Å². The summed E-state index contributed by atoms with van der Waals surface area (Å²) in [6.07, 6.45) is 3.58. The molecule has 1 aliphatic rings. The summed E-state index contributed by atoms with van der Waals surface area (Å²) in [5.41, 5.74) is 14.2. The van der Waals surface area contributed by atoms with E-state index in [-0.39, 0.29) is 24.0 Å². The number of guanidine groups is 1. The molecule has 0 unspecified atom stereocenters. The molecule has 28 heavy (non-hydrogen) atoms. The van der Waals surface area contributed by atoms with Crippen molar-refractivity contribution in [2.24, 2.45) is 10.7 Å². The second-order valence-electron chi connectivity index (χ2n) is 7.06. The Labute approximate surface area is 183 Å². The molecule has 0 atom stereocenters. The Morgan fingerprint density at radius 1 is 1.11 bits per heavy atom. The number of hydrogen-bond acceptors (Lipinski definition) is 2. The molecule has 2 aromatic carbocycles. The number of nitrogens with two attached hydrogens (primary N) is 1. The third kappa shape index (κ3) is 4.22. The lowest BCUT2D eigenvalue weighted by Gasteiger charge is -2.08. The van der Waals surface area contributed by atoms with E-state index < -0.39 is 0 Å². The van der Waals surface area contributed by atoms with Crippen molar-refractivity contribution in [3.8, 4) is 5.69 Å². The van der Waals surface area contributed by atoms with Gasteiger partial charge in [-0.15, -0.1) is 24.0 Å². The first kappa shape index (κ1) is 20.4. The molecule has 0 radical (unpaired) electrons. The van der Waals surface area contributed by atoms with Crippen molar-refractivity contribution in [2.75, 3.05) is 5.32 Å². The van der Waals surface area contributed by atoms with Gasteiger partial charge in [-0.2, -0.15) is 5.10 Å². The number of hydrogen-bond donors (Lipinski definition) is 2. The molecular formula is C22H26IN5. The van der Waals surface area contributed by atoms with Crippen molar-refractivity contribution < 1.29 is 0 Å². The highest BCUT2D eigenvalue weighted by molar-refractivity contribution is 14.0. The Morgan fingerprint density at radius 3 is 2.64 bits per heavy atom. The van der Waals surface area contributed by atoms with Crippen LogP contribution in [0.15, 0.2) is 53.5 Å². The topological polar surface area (TPSA) is 68.2 Å². The summed E-state index contributed by atoms with van der Waals surface area (Å²) in [4.78, 5) is 4.54. The van der Waals surface area contributed by atoms with Crippen LogP contribution in [-0.4, -0.2) is 15.7 Å². The molecular weight excluding hydrogens is 461 g/mol. The largest absolute Gasteiger partial charge is 0.370 e. The third-order valence-electron chi connectivity index (χ3n) is 5.22. The lowest BCUT2D eigenvalue weighted by atomic mass is 10.1. The summed E-state index contributed by atoms with van der Waals surface area (Å²) >= 11 is 0. The van der Waals surface area contributed by atoms with Crippen LogP contribution in [0.1, 0.15) is 34.5 Å². The number of nitrogens with zero attached hydrogens (tertiary/aromatic N) is 3. The summed E-state index contributed by atoms with van der Waals surface area (Å²) in [6, 6.07) is 16.6. The zero-order valence-electron chi connectivity index (χ0n) is 16.3. The standard InChI is InChI=1S/C22H25N5.HI/c1-15-21(16(2)27(26-15)20-9-4-3-5-10-20)14-24-22(23)25-19-12-11-17-7-6-8-18(17)13-19;/h3-5,9-13H,6-8,14H2,1-2H3,(H3,23,24,25);1H. The van der Waals surface area contributed by atoms with Crippen molar-refractivity contribution in [2.45, 2.75) is 39.7 Å². The van der Waals surface area contributed by atoms with Gasteiger partial charge in [-0.25, -0.2) is 9.67 Å². The fourth-order valence-electron chi connectivity index (χ4n) is 3.73. The Bertz CT molecular complexity index is 992. The summed E-state index contributed by atoms with van der Waals surface area (Å²) in [5, 5.41) is 7.89. The van der Waals surface area contributed by atoms with Crippen LogP contribution in [-0.2, 0) is 19.4 Å². The second kappa shape index (κ2) is 8.77. The minimum atomic E-state index is 0. The average molecular weight is 487 g/mol. The maximum absolute atomic E-state index is 6.13. The minimum absolute atomic E-state index is 0. The third-order valence-corrected chi connectivity index (χ3v) is 5.22. The Morgan fingerprint density at radius 2 is 1.86 bits per heavy atom. The highest BCUT2D eigenvalue weighted by atomic mass is 127. The van der Waals surface area contributed by atoms with Crippen LogP contribution < -0.4 is 11.1 Å². The van der Waals surface area contributed by atoms with Crippen LogP contribution in [0.4, 0.5) is 5.69 Å². The van der Waals surface area contributed by atoms with Gasteiger partial charge in [-0.3, -0.25) is 0 Å². The van der Waals surface area contributed by atoms with Crippen molar-refractivity contribution in [3.63, 3.8) is 0 Å². The molecule has 0 fully saturated rings. The molecule has 1 aromatic heterocycles. The van der Waals surface area contributed by atoms with Gasteiger partial charge in [0, 0.05) is 16.9 Å². The molecule has 0 saturated heterocycles. The van der Waals surface area contributed by atoms with E-state index in [9.17, 15) is 0 Å². The normalized spacial score (nSPS) is 13.1. The molecule has 1 aliphatic carbocycles. The van der Waals surface area contributed by atoms with Crippen LogP contribution in [0.5, 0.6) is 0 Å². The smallest absolute Gasteiger partial charge is 0.193 e. The van der Waals surface area contributed by atoms with Crippen LogP contribution in [0.2, 0.25) is 0 Å².